The van der Waals surface area contributed by atoms with Crippen molar-refractivity contribution in [3.05, 3.63) is 61.5 Å². The molecule has 0 radical (unpaired) electrons. The van der Waals surface area contributed by atoms with Crippen LogP contribution >= 0.6 is 0 Å². The van der Waals surface area contributed by atoms with E-state index in [9.17, 15) is 0 Å². The summed E-state index contributed by atoms with van der Waals surface area (Å²) < 4.78 is 4.22. The zero-order chi connectivity index (χ0) is 11.8. The summed E-state index contributed by atoms with van der Waals surface area (Å²) in [7, 11) is 0. The van der Waals surface area contributed by atoms with Crippen molar-refractivity contribution in [2.24, 2.45) is 0 Å². The molecule has 0 saturated carbocycles. The van der Waals surface area contributed by atoms with Gasteiger partial charge in [-0.2, -0.15) is 0 Å². The Kier molecular flexibility index (Phi) is 3.94. The maximum Gasteiger partial charge on any atom is 0.213 e. The van der Waals surface area contributed by atoms with E-state index >= 15 is 0 Å². The molecule has 0 aliphatic carbocycles. The smallest absolute Gasteiger partial charge is 0.213 e. The van der Waals surface area contributed by atoms with Crippen LogP contribution in [-0.2, 0) is 0 Å². The normalized spacial score (nSPS) is 9.18. The van der Waals surface area contributed by atoms with Gasteiger partial charge >= 0.3 is 0 Å². The van der Waals surface area contributed by atoms with E-state index in [2.05, 4.69) is 24.6 Å². The fourth-order valence-corrected chi connectivity index (χ4v) is 1.16. The second-order valence-corrected chi connectivity index (χ2v) is 3.01. The van der Waals surface area contributed by atoms with E-state index < -0.39 is 0 Å². The average molecular weight is 226 g/mol. The molecule has 0 saturated heterocycles. The Morgan fingerprint density at radius 3 is 1.76 bits per heavy atom. The summed E-state index contributed by atoms with van der Waals surface area (Å²) in [6, 6.07) is 11.6. The molecule has 3 rings (SSSR count). The van der Waals surface area contributed by atoms with Crippen molar-refractivity contribution in [3.63, 3.8) is 0 Å². The van der Waals surface area contributed by atoms with Gasteiger partial charge in [-0.05, 0) is 24.3 Å². The highest BCUT2D eigenvalue weighted by Gasteiger charge is 1.95. The molecule has 5 nitrogen and oxygen atoms in total. The lowest BCUT2D eigenvalue weighted by molar-refractivity contribution is 0.416. The molecule has 0 aliphatic heterocycles. The first-order chi connectivity index (χ1) is 8.47. The fraction of sp³-hybridized carbons (Fsp3) is 0. The molecule has 0 unspecified atom stereocenters. The highest BCUT2D eigenvalue weighted by atomic mass is 16.5. The Morgan fingerprint density at radius 2 is 1.47 bits per heavy atom. The van der Waals surface area contributed by atoms with E-state index in [4.69, 9.17) is 0 Å². The predicted molar refractivity (Wildman–Crippen MR) is 61.8 cm³/mol. The van der Waals surface area contributed by atoms with Crippen molar-refractivity contribution in [2.75, 3.05) is 0 Å². The van der Waals surface area contributed by atoms with Crippen LogP contribution in [-0.4, -0.2) is 20.1 Å². The Balaban J connectivity index is 0.000000181. The molecule has 0 amide bonds. The van der Waals surface area contributed by atoms with Gasteiger partial charge in [0.25, 0.3) is 0 Å². The Hall–Kier alpha value is -2.56. The molecule has 0 aliphatic rings. The summed E-state index contributed by atoms with van der Waals surface area (Å²) in [6.07, 6.45) is 6.13. The van der Waals surface area contributed by atoms with E-state index in [1.54, 1.807) is 12.4 Å². The fourth-order valence-electron chi connectivity index (χ4n) is 1.16. The Bertz CT molecular complexity index is 456. The first-order valence-corrected chi connectivity index (χ1v) is 4.98. The number of rotatable bonds is 1. The third-order valence-corrected chi connectivity index (χ3v) is 1.87. The molecule has 0 aromatic carbocycles. The van der Waals surface area contributed by atoms with Crippen LogP contribution in [0.5, 0.6) is 0 Å². The molecule has 17 heavy (non-hydrogen) atoms. The zero-order valence-corrected chi connectivity index (χ0v) is 8.97. The summed E-state index contributed by atoms with van der Waals surface area (Å²) in [6.45, 7) is 0. The molecule has 3 heterocycles. The maximum absolute atomic E-state index is 4.22. The molecular weight excluding hydrogens is 216 g/mol. The first-order valence-electron chi connectivity index (χ1n) is 4.98. The third kappa shape index (κ3) is 3.49. The zero-order valence-electron chi connectivity index (χ0n) is 8.97. The van der Waals surface area contributed by atoms with Gasteiger partial charge in [-0.25, -0.2) is 4.98 Å². The summed E-state index contributed by atoms with van der Waals surface area (Å²) in [5.41, 5.74) is 1.83. The van der Waals surface area contributed by atoms with E-state index in [1.807, 2.05) is 36.4 Å². The van der Waals surface area contributed by atoms with Crippen molar-refractivity contribution in [3.8, 4) is 11.4 Å². The van der Waals surface area contributed by atoms with Crippen LogP contribution in [0.15, 0.2) is 66.0 Å². The van der Waals surface area contributed by atoms with Crippen molar-refractivity contribution >= 4 is 0 Å². The van der Waals surface area contributed by atoms with Crippen LogP contribution < -0.4 is 0 Å². The van der Waals surface area contributed by atoms with Crippen molar-refractivity contribution in [1.29, 1.82) is 0 Å². The highest BCUT2D eigenvalue weighted by molar-refractivity contribution is 5.52. The summed E-state index contributed by atoms with van der Waals surface area (Å²) in [5, 5.41) is 3.24. The minimum Gasteiger partial charge on any atom is -0.343 e. The van der Waals surface area contributed by atoms with E-state index in [-0.39, 0.29) is 0 Å². The maximum atomic E-state index is 4.22. The lowest BCUT2D eigenvalue weighted by Gasteiger charge is -1.96. The standard InChI is InChI=1S/C10H8N2.C2H2N2O/c1-3-7-11-9(5-1)10-6-2-4-8-12-10;1-3-2-5-4-1/h1-8H;1-2H. The molecular formula is C12H10N4O. The van der Waals surface area contributed by atoms with Crippen LogP contribution in [0.25, 0.3) is 11.4 Å². The van der Waals surface area contributed by atoms with Crippen LogP contribution in [0.1, 0.15) is 0 Å². The van der Waals surface area contributed by atoms with Gasteiger partial charge in [-0.3, -0.25) is 9.97 Å². The van der Waals surface area contributed by atoms with Crippen LogP contribution in [0, 0.1) is 0 Å². The predicted octanol–water partition coefficient (Wildman–Crippen LogP) is 2.21. The molecule has 0 fully saturated rings. The minimum absolute atomic E-state index is 0.915. The molecule has 84 valence electrons. The van der Waals surface area contributed by atoms with Gasteiger partial charge in [0.15, 0.2) is 6.33 Å². The monoisotopic (exact) mass is 226 g/mol. The Labute approximate surface area is 98.2 Å². The van der Waals surface area contributed by atoms with Crippen LogP contribution in [0.4, 0.5) is 0 Å². The van der Waals surface area contributed by atoms with Gasteiger partial charge in [-0.1, -0.05) is 17.3 Å². The van der Waals surface area contributed by atoms with Gasteiger partial charge in [0.2, 0.25) is 6.39 Å². The number of pyridine rings is 2. The summed E-state index contributed by atoms with van der Waals surface area (Å²) in [5.74, 6) is 0. The van der Waals surface area contributed by atoms with Gasteiger partial charge in [-0.15, -0.1) is 0 Å². The average Bonchev–Trinajstić information content (AvgIpc) is 3.00. The van der Waals surface area contributed by atoms with Crippen molar-refractivity contribution < 1.29 is 4.52 Å². The van der Waals surface area contributed by atoms with Gasteiger partial charge in [0, 0.05) is 12.4 Å². The second kappa shape index (κ2) is 6.12. The highest BCUT2D eigenvalue weighted by Crippen LogP contribution is 2.10. The second-order valence-electron chi connectivity index (χ2n) is 3.01. The number of aromatic nitrogens is 4. The number of hydrogen-bond acceptors (Lipinski definition) is 5. The summed E-state index contributed by atoms with van der Waals surface area (Å²) >= 11 is 0. The minimum atomic E-state index is 0.915. The van der Waals surface area contributed by atoms with Crippen LogP contribution in [0.3, 0.4) is 0 Å². The lowest BCUT2D eigenvalue weighted by atomic mass is 10.2. The van der Waals surface area contributed by atoms with Gasteiger partial charge < -0.3 is 4.52 Å². The van der Waals surface area contributed by atoms with Crippen LogP contribution in [0.2, 0.25) is 0 Å². The van der Waals surface area contributed by atoms with E-state index in [0.29, 0.717) is 0 Å². The SMILES string of the molecule is c1ccc(-c2ccccn2)nc1.c1ncon1. The van der Waals surface area contributed by atoms with Gasteiger partial charge in [0.1, 0.15) is 0 Å². The quantitative estimate of drug-likeness (QED) is 0.636. The van der Waals surface area contributed by atoms with Gasteiger partial charge in [0.05, 0.1) is 11.4 Å². The molecule has 0 spiro atoms. The molecule has 0 bridgehead atoms. The largest absolute Gasteiger partial charge is 0.343 e. The van der Waals surface area contributed by atoms with E-state index in [1.165, 1.54) is 12.7 Å². The third-order valence-electron chi connectivity index (χ3n) is 1.87. The van der Waals surface area contributed by atoms with Crippen molar-refractivity contribution in [1.82, 2.24) is 20.1 Å². The topological polar surface area (TPSA) is 64.7 Å². The molecule has 0 N–H and O–H groups in total. The lowest BCUT2D eigenvalue weighted by Crippen LogP contribution is -1.83. The van der Waals surface area contributed by atoms with E-state index in [0.717, 1.165) is 11.4 Å². The summed E-state index contributed by atoms with van der Waals surface area (Å²) in [4.78, 5) is 11.8. The first kappa shape index (κ1) is 10.9. The Morgan fingerprint density at radius 1 is 0.824 bits per heavy atom. The molecule has 3 aromatic heterocycles. The van der Waals surface area contributed by atoms with Crippen molar-refractivity contribution in [2.45, 2.75) is 0 Å². The number of hydrogen-bond donors (Lipinski definition) is 0. The molecule has 5 heteroatoms. The molecule has 3 aromatic rings. The molecule has 0 atom stereocenters. The number of nitrogens with zero attached hydrogens (tertiary/aromatic N) is 4.